The van der Waals surface area contributed by atoms with E-state index in [1.165, 1.54) is 23.0 Å². The summed E-state index contributed by atoms with van der Waals surface area (Å²) in [6, 6.07) is 14.8. The predicted molar refractivity (Wildman–Crippen MR) is 133 cm³/mol. The van der Waals surface area contributed by atoms with Crippen LogP contribution in [0.3, 0.4) is 0 Å². The molecule has 6 nitrogen and oxygen atoms in total. The van der Waals surface area contributed by atoms with Crippen LogP contribution < -0.4 is 10.6 Å². The molecule has 0 saturated carbocycles. The predicted octanol–water partition coefficient (Wildman–Crippen LogP) is 4.27. The monoisotopic (exact) mass is 480 g/mol. The molecule has 34 heavy (non-hydrogen) atoms. The maximum Gasteiger partial charge on any atom is 0.240 e. The third-order valence-electron chi connectivity index (χ3n) is 6.07. The van der Waals surface area contributed by atoms with E-state index in [0.717, 1.165) is 11.3 Å². The summed E-state index contributed by atoms with van der Waals surface area (Å²) in [7, 11) is 0. The summed E-state index contributed by atoms with van der Waals surface area (Å²) in [6.45, 7) is 4.11. The second-order valence-corrected chi connectivity index (χ2v) is 9.49. The lowest BCUT2D eigenvalue weighted by Crippen LogP contribution is -2.43. The van der Waals surface area contributed by atoms with E-state index in [0.29, 0.717) is 49.6 Å². The molecule has 0 unspecified atom stereocenters. The average molecular weight is 481 g/mol. The lowest BCUT2D eigenvalue weighted by molar-refractivity contribution is -0.126. The molecule has 1 aliphatic heterocycles. The molecule has 3 aromatic rings. The van der Waals surface area contributed by atoms with Crippen LogP contribution in [0.15, 0.2) is 53.9 Å². The van der Waals surface area contributed by atoms with E-state index in [-0.39, 0.29) is 30.1 Å². The smallest absolute Gasteiger partial charge is 0.240 e. The molecule has 1 saturated heterocycles. The molecular weight excluding hydrogens is 451 g/mol. The number of piperidine rings is 1. The highest BCUT2D eigenvalue weighted by Crippen LogP contribution is 2.25. The Morgan fingerprint density at radius 2 is 1.85 bits per heavy atom. The molecule has 0 bridgehead atoms. The summed E-state index contributed by atoms with van der Waals surface area (Å²) in [5, 5.41) is 8.34. The van der Waals surface area contributed by atoms with Crippen molar-refractivity contribution in [3.8, 4) is 11.3 Å². The Hall–Kier alpha value is -3.10. The molecular formula is C26H29FN4O2S. The number of benzene rings is 2. The summed E-state index contributed by atoms with van der Waals surface area (Å²) in [5.74, 6) is -0.409. The molecule has 2 N–H and O–H groups in total. The number of nitrogens with one attached hydrogen (secondary N) is 2. The van der Waals surface area contributed by atoms with E-state index in [1.54, 1.807) is 18.2 Å². The van der Waals surface area contributed by atoms with Crippen LogP contribution >= 0.6 is 11.3 Å². The first-order valence-corrected chi connectivity index (χ1v) is 12.4. The van der Waals surface area contributed by atoms with E-state index in [1.807, 2.05) is 36.6 Å². The third-order valence-corrected chi connectivity index (χ3v) is 6.83. The van der Waals surface area contributed by atoms with Gasteiger partial charge in [-0.1, -0.05) is 48.0 Å². The van der Waals surface area contributed by atoms with Crippen LogP contribution in [0.4, 0.5) is 9.52 Å². The van der Waals surface area contributed by atoms with Crippen molar-refractivity contribution in [3.63, 3.8) is 0 Å². The van der Waals surface area contributed by atoms with Crippen LogP contribution in [0.25, 0.3) is 11.3 Å². The lowest BCUT2D eigenvalue weighted by Gasteiger charge is -2.30. The zero-order valence-corrected chi connectivity index (χ0v) is 20.0. The summed E-state index contributed by atoms with van der Waals surface area (Å²) < 4.78 is 13.7. The van der Waals surface area contributed by atoms with Gasteiger partial charge in [-0.2, -0.15) is 0 Å². The van der Waals surface area contributed by atoms with Crippen LogP contribution in [0, 0.1) is 18.7 Å². The number of nitrogens with zero attached hydrogens (tertiary/aromatic N) is 2. The number of thiazole rings is 1. The molecule has 8 heteroatoms. The van der Waals surface area contributed by atoms with Crippen molar-refractivity contribution in [3.05, 3.63) is 70.9 Å². The maximum atomic E-state index is 13.7. The molecule has 2 aromatic carbocycles. The molecule has 178 valence electrons. The van der Waals surface area contributed by atoms with E-state index in [2.05, 4.69) is 20.5 Å². The number of halogens is 1. The summed E-state index contributed by atoms with van der Waals surface area (Å²) in [6.07, 6.45) is 1.88. The van der Waals surface area contributed by atoms with E-state index in [4.69, 9.17) is 0 Å². The Bertz CT molecular complexity index is 1120. The van der Waals surface area contributed by atoms with Gasteiger partial charge in [-0.3, -0.25) is 14.5 Å². The molecule has 1 aromatic heterocycles. The number of carbonyl (C=O) groups is 2. The van der Waals surface area contributed by atoms with Crippen molar-refractivity contribution in [2.75, 3.05) is 31.5 Å². The average Bonchev–Trinajstić information content (AvgIpc) is 3.29. The van der Waals surface area contributed by atoms with Gasteiger partial charge < -0.3 is 10.6 Å². The number of aryl methyl sites for hydroxylation is 1. The molecule has 0 atom stereocenters. The normalized spacial score (nSPS) is 14.6. The molecule has 1 aliphatic rings. The Morgan fingerprint density at radius 1 is 1.12 bits per heavy atom. The topological polar surface area (TPSA) is 74.3 Å². The summed E-state index contributed by atoms with van der Waals surface area (Å²) >= 11 is 1.41. The van der Waals surface area contributed by atoms with Crippen molar-refractivity contribution in [2.45, 2.75) is 26.2 Å². The zero-order chi connectivity index (χ0) is 23.9. The Morgan fingerprint density at radius 3 is 2.59 bits per heavy atom. The molecule has 4 rings (SSSR count). The van der Waals surface area contributed by atoms with Gasteiger partial charge >= 0.3 is 0 Å². The number of anilines is 1. The van der Waals surface area contributed by atoms with Crippen molar-refractivity contribution in [1.82, 2.24) is 15.2 Å². The van der Waals surface area contributed by atoms with Gasteiger partial charge in [0.05, 0.1) is 12.2 Å². The minimum absolute atomic E-state index is 0.00635. The molecule has 0 spiro atoms. The van der Waals surface area contributed by atoms with Gasteiger partial charge in [0, 0.05) is 23.4 Å². The number of rotatable bonds is 8. The minimum atomic E-state index is -0.243. The SMILES string of the molecule is Cc1ccc(-c2csc(NC(=O)CN3CCC(C(=O)NCCc4ccccc4F)CC3)n2)cc1. The van der Waals surface area contributed by atoms with E-state index in [9.17, 15) is 14.0 Å². The molecule has 0 radical (unpaired) electrons. The Balaban J connectivity index is 1.17. The molecule has 2 heterocycles. The van der Waals surface area contributed by atoms with Gasteiger partial charge in [0.25, 0.3) is 0 Å². The molecule has 1 fully saturated rings. The summed E-state index contributed by atoms with van der Waals surface area (Å²) in [4.78, 5) is 31.6. The van der Waals surface area contributed by atoms with Gasteiger partial charge in [0.2, 0.25) is 11.8 Å². The van der Waals surface area contributed by atoms with Gasteiger partial charge in [0.1, 0.15) is 5.82 Å². The first-order chi connectivity index (χ1) is 16.5. The Kier molecular flexibility index (Phi) is 8.03. The van der Waals surface area contributed by atoms with Crippen molar-refractivity contribution in [2.24, 2.45) is 5.92 Å². The van der Waals surface area contributed by atoms with Crippen molar-refractivity contribution >= 4 is 28.3 Å². The second-order valence-electron chi connectivity index (χ2n) is 8.63. The summed E-state index contributed by atoms with van der Waals surface area (Å²) in [5.41, 5.74) is 3.67. The highest BCUT2D eigenvalue weighted by Gasteiger charge is 2.26. The third kappa shape index (κ3) is 6.48. The highest BCUT2D eigenvalue weighted by atomic mass is 32.1. The number of likely N-dealkylation sites (tertiary alicyclic amines) is 1. The molecule has 2 amide bonds. The molecule has 0 aliphatic carbocycles. The number of aromatic nitrogens is 1. The van der Waals surface area contributed by atoms with Gasteiger partial charge in [-0.05, 0) is 50.9 Å². The van der Waals surface area contributed by atoms with Crippen LogP contribution in [-0.4, -0.2) is 47.9 Å². The fourth-order valence-corrected chi connectivity index (χ4v) is 4.80. The van der Waals surface area contributed by atoms with Crippen LogP contribution in [-0.2, 0) is 16.0 Å². The van der Waals surface area contributed by atoms with Crippen molar-refractivity contribution < 1.29 is 14.0 Å². The largest absolute Gasteiger partial charge is 0.356 e. The number of hydrogen-bond donors (Lipinski definition) is 2. The van der Waals surface area contributed by atoms with Gasteiger partial charge in [-0.25, -0.2) is 9.37 Å². The van der Waals surface area contributed by atoms with Crippen molar-refractivity contribution in [1.29, 1.82) is 0 Å². The van der Waals surface area contributed by atoms with E-state index < -0.39 is 0 Å². The quantitative estimate of drug-likeness (QED) is 0.505. The second kappa shape index (κ2) is 11.4. The van der Waals surface area contributed by atoms with Crippen LogP contribution in [0.5, 0.6) is 0 Å². The van der Waals surface area contributed by atoms with Gasteiger partial charge in [0.15, 0.2) is 5.13 Å². The lowest BCUT2D eigenvalue weighted by atomic mass is 9.96. The Labute approximate surface area is 203 Å². The number of carbonyl (C=O) groups excluding carboxylic acids is 2. The minimum Gasteiger partial charge on any atom is -0.356 e. The first-order valence-electron chi connectivity index (χ1n) is 11.5. The standard InChI is InChI=1S/C26H29FN4O2S/c1-18-6-8-20(9-7-18)23-17-34-26(29-23)30-24(32)16-31-14-11-21(12-15-31)25(33)28-13-10-19-4-2-3-5-22(19)27/h2-9,17,21H,10-16H2,1H3,(H,28,33)(H,29,30,32). The van der Waals surface area contributed by atoms with Gasteiger partial charge in [-0.15, -0.1) is 11.3 Å². The number of hydrogen-bond acceptors (Lipinski definition) is 5. The zero-order valence-electron chi connectivity index (χ0n) is 19.2. The fraction of sp³-hybridized carbons (Fsp3) is 0.346. The van der Waals surface area contributed by atoms with Crippen LogP contribution in [0.2, 0.25) is 0 Å². The van der Waals surface area contributed by atoms with Crippen LogP contribution in [0.1, 0.15) is 24.0 Å². The first kappa shape index (κ1) is 24.0. The fourth-order valence-electron chi connectivity index (χ4n) is 4.07. The number of amides is 2. The highest BCUT2D eigenvalue weighted by molar-refractivity contribution is 7.14. The van der Waals surface area contributed by atoms with E-state index >= 15 is 0 Å². The maximum absolute atomic E-state index is 13.7.